The van der Waals surface area contributed by atoms with Crippen LogP contribution in [-0.4, -0.2) is 30.7 Å². The molecule has 116 valence electrons. The first-order chi connectivity index (χ1) is 9.95. The Morgan fingerprint density at radius 2 is 1.90 bits per heavy atom. The van der Waals surface area contributed by atoms with Gasteiger partial charge >= 0.3 is 12.0 Å². The summed E-state index contributed by atoms with van der Waals surface area (Å²) in [4.78, 5) is 23.0. The largest absolute Gasteiger partial charge is 0.481 e. The molecule has 6 heteroatoms. The van der Waals surface area contributed by atoms with E-state index in [0.717, 1.165) is 5.56 Å². The first-order valence-electron chi connectivity index (χ1n) is 6.95. The lowest BCUT2D eigenvalue weighted by Gasteiger charge is -2.17. The van der Waals surface area contributed by atoms with E-state index in [-0.39, 0.29) is 12.5 Å². The maximum absolute atomic E-state index is 11.9. The average molecular weight is 293 g/mol. The first kappa shape index (κ1) is 17.0. The number of para-hydroxylation sites is 1. The van der Waals surface area contributed by atoms with Gasteiger partial charge in [0, 0.05) is 18.8 Å². The fourth-order valence-electron chi connectivity index (χ4n) is 1.96. The summed E-state index contributed by atoms with van der Waals surface area (Å²) in [6, 6.07) is 7.06. The number of carbonyl (C=O) groups is 2. The molecule has 1 atom stereocenters. The highest BCUT2D eigenvalue weighted by atomic mass is 16.4. The van der Waals surface area contributed by atoms with Gasteiger partial charge in [-0.3, -0.25) is 4.79 Å². The van der Waals surface area contributed by atoms with E-state index in [2.05, 4.69) is 16.0 Å². The fraction of sp³-hybridized carbons (Fsp3) is 0.467. The van der Waals surface area contributed by atoms with Crippen LogP contribution in [0, 0.1) is 11.8 Å². The number of urea groups is 1. The van der Waals surface area contributed by atoms with Gasteiger partial charge in [0.15, 0.2) is 0 Å². The number of rotatable bonds is 7. The van der Waals surface area contributed by atoms with E-state index in [9.17, 15) is 9.59 Å². The van der Waals surface area contributed by atoms with Crippen molar-refractivity contribution in [3.63, 3.8) is 0 Å². The molecular weight excluding hydrogens is 270 g/mol. The number of nitrogens with one attached hydrogen (secondary N) is 3. The second kappa shape index (κ2) is 8.26. The van der Waals surface area contributed by atoms with Crippen LogP contribution in [0.1, 0.15) is 19.4 Å². The first-order valence-corrected chi connectivity index (χ1v) is 6.95. The zero-order chi connectivity index (χ0) is 15.8. The van der Waals surface area contributed by atoms with Gasteiger partial charge in [0.2, 0.25) is 0 Å². The summed E-state index contributed by atoms with van der Waals surface area (Å²) in [5.74, 6) is -1.54. The molecule has 1 rings (SSSR count). The van der Waals surface area contributed by atoms with Crippen LogP contribution >= 0.6 is 0 Å². The predicted molar refractivity (Wildman–Crippen MR) is 82.2 cm³/mol. The zero-order valence-corrected chi connectivity index (χ0v) is 12.6. The number of aliphatic carboxylic acids is 1. The molecule has 0 aliphatic carbocycles. The minimum absolute atomic E-state index is 0.0422. The van der Waals surface area contributed by atoms with Crippen LogP contribution in [0.4, 0.5) is 10.5 Å². The molecule has 21 heavy (non-hydrogen) atoms. The smallest absolute Gasteiger partial charge is 0.319 e. The predicted octanol–water partition coefficient (Wildman–Crippen LogP) is 1.88. The highest BCUT2D eigenvalue weighted by molar-refractivity contribution is 5.90. The molecule has 0 heterocycles. The van der Waals surface area contributed by atoms with Crippen molar-refractivity contribution in [1.82, 2.24) is 10.6 Å². The number of carboxylic acids is 1. The van der Waals surface area contributed by atoms with E-state index >= 15 is 0 Å². The van der Waals surface area contributed by atoms with E-state index < -0.39 is 17.9 Å². The molecule has 0 aliphatic rings. The van der Waals surface area contributed by atoms with Crippen LogP contribution in [0.5, 0.6) is 0 Å². The highest BCUT2D eigenvalue weighted by Gasteiger charge is 2.22. The Hall–Kier alpha value is -2.08. The molecule has 0 spiro atoms. The second-order valence-electron chi connectivity index (χ2n) is 5.21. The molecule has 4 N–H and O–H groups in total. The molecule has 0 bridgehead atoms. The number of hydrogen-bond donors (Lipinski definition) is 4. The third-order valence-corrected chi connectivity index (χ3v) is 3.24. The van der Waals surface area contributed by atoms with Gasteiger partial charge in [-0.1, -0.05) is 32.0 Å². The molecule has 0 saturated heterocycles. The molecular formula is C15H23N3O3. The summed E-state index contributed by atoms with van der Waals surface area (Å²) in [6.45, 7) is 4.38. The van der Waals surface area contributed by atoms with Crippen LogP contribution in [0.15, 0.2) is 24.3 Å². The lowest BCUT2D eigenvalue weighted by atomic mass is 9.96. The normalized spacial score (nSPS) is 12.0. The van der Waals surface area contributed by atoms with E-state index in [1.807, 2.05) is 45.2 Å². The van der Waals surface area contributed by atoms with Crippen LogP contribution in [0.3, 0.4) is 0 Å². The van der Waals surface area contributed by atoms with Crippen LogP contribution in [0.25, 0.3) is 0 Å². The molecule has 0 aromatic heterocycles. The summed E-state index contributed by atoms with van der Waals surface area (Å²) in [7, 11) is 1.83. The number of amides is 2. The number of anilines is 1. The molecule has 2 amide bonds. The standard InChI is InChI=1S/C15H23N3O3/c1-10(2)12(14(19)20)9-17-15(21)18-13-7-5-4-6-11(13)8-16-3/h4-7,10,12,16H,8-9H2,1-3H3,(H,19,20)(H2,17,18,21). The van der Waals surface area contributed by atoms with Crippen LogP contribution < -0.4 is 16.0 Å². The van der Waals surface area contributed by atoms with Gasteiger partial charge in [-0.25, -0.2) is 4.79 Å². The average Bonchev–Trinajstić information content (AvgIpc) is 2.40. The molecule has 1 aromatic rings. The summed E-state index contributed by atoms with van der Waals surface area (Å²) in [5.41, 5.74) is 1.68. The number of carbonyl (C=O) groups excluding carboxylic acids is 1. The van der Waals surface area contributed by atoms with Crippen LogP contribution in [-0.2, 0) is 11.3 Å². The van der Waals surface area contributed by atoms with Gasteiger partial charge in [0.1, 0.15) is 0 Å². The van der Waals surface area contributed by atoms with Gasteiger partial charge < -0.3 is 21.1 Å². The molecule has 1 aromatic carbocycles. The lowest BCUT2D eigenvalue weighted by Crippen LogP contribution is -2.38. The van der Waals surface area contributed by atoms with Crippen molar-refractivity contribution in [1.29, 1.82) is 0 Å². The van der Waals surface area contributed by atoms with Gasteiger partial charge in [0.05, 0.1) is 5.92 Å². The Balaban J connectivity index is 2.60. The minimum atomic E-state index is -0.902. The van der Waals surface area contributed by atoms with Gasteiger partial charge in [0.25, 0.3) is 0 Å². The number of hydrogen-bond acceptors (Lipinski definition) is 3. The molecule has 0 radical (unpaired) electrons. The van der Waals surface area contributed by atoms with E-state index in [4.69, 9.17) is 5.11 Å². The van der Waals surface area contributed by atoms with Gasteiger partial charge in [-0.05, 0) is 24.6 Å². The molecule has 1 unspecified atom stereocenters. The summed E-state index contributed by atoms with van der Waals surface area (Å²) >= 11 is 0. The summed E-state index contributed by atoms with van der Waals surface area (Å²) in [6.07, 6.45) is 0. The van der Waals surface area contributed by atoms with Crippen molar-refractivity contribution < 1.29 is 14.7 Å². The van der Waals surface area contributed by atoms with Crippen molar-refractivity contribution in [3.05, 3.63) is 29.8 Å². The Morgan fingerprint density at radius 1 is 1.24 bits per heavy atom. The topological polar surface area (TPSA) is 90.5 Å². The van der Waals surface area contributed by atoms with Crippen molar-refractivity contribution in [2.75, 3.05) is 18.9 Å². The van der Waals surface area contributed by atoms with Crippen molar-refractivity contribution in [2.45, 2.75) is 20.4 Å². The van der Waals surface area contributed by atoms with Crippen molar-refractivity contribution >= 4 is 17.7 Å². The van der Waals surface area contributed by atoms with E-state index in [0.29, 0.717) is 12.2 Å². The molecule has 0 fully saturated rings. The Kier molecular flexibility index (Phi) is 6.68. The second-order valence-corrected chi connectivity index (χ2v) is 5.21. The lowest BCUT2D eigenvalue weighted by molar-refractivity contribution is -0.142. The highest BCUT2D eigenvalue weighted by Crippen LogP contribution is 2.14. The maximum Gasteiger partial charge on any atom is 0.319 e. The third-order valence-electron chi connectivity index (χ3n) is 3.24. The monoisotopic (exact) mass is 293 g/mol. The Labute approximate surface area is 124 Å². The Morgan fingerprint density at radius 3 is 2.48 bits per heavy atom. The van der Waals surface area contributed by atoms with Gasteiger partial charge in [-0.2, -0.15) is 0 Å². The molecule has 0 saturated carbocycles. The minimum Gasteiger partial charge on any atom is -0.481 e. The van der Waals surface area contributed by atoms with Gasteiger partial charge in [-0.15, -0.1) is 0 Å². The van der Waals surface area contributed by atoms with E-state index in [1.165, 1.54) is 0 Å². The summed E-state index contributed by atoms with van der Waals surface area (Å²) in [5, 5.41) is 17.5. The van der Waals surface area contributed by atoms with Crippen LogP contribution in [0.2, 0.25) is 0 Å². The fourth-order valence-corrected chi connectivity index (χ4v) is 1.96. The zero-order valence-electron chi connectivity index (χ0n) is 12.6. The number of benzene rings is 1. The summed E-state index contributed by atoms with van der Waals surface area (Å²) < 4.78 is 0. The quantitative estimate of drug-likeness (QED) is 0.618. The van der Waals surface area contributed by atoms with E-state index in [1.54, 1.807) is 0 Å². The third kappa shape index (κ3) is 5.43. The SMILES string of the molecule is CNCc1ccccc1NC(=O)NCC(C(=O)O)C(C)C. The maximum atomic E-state index is 11.9. The van der Waals surface area contributed by atoms with Crippen molar-refractivity contribution in [2.24, 2.45) is 11.8 Å². The molecule has 0 aliphatic heterocycles. The molecule has 6 nitrogen and oxygen atoms in total. The van der Waals surface area contributed by atoms with Crippen molar-refractivity contribution in [3.8, 4) is 0 Å². The number of carboxylic acid groups (broad SMARTS) is 1. The Bertz CT molecular complexity index is 489.